The highest BCUT2D eigenvalue weighted by molar-refractivity contribution is 9.10. The molecule has 0 fully saturated rings. The molecular weight excluding hydrogens is 312 g/mol. The van der Waals surface area contributed by atoms with Crippen molar-refractivity contribution in [1.29, 1.82) is 0 Å². The van der Waals surface area contributed by atoms with Crippen molar-refractivity contribution in [2.45, 2.75) is 18.9 Å². The van der Waals surface area contributed by atoms with Gasteiger partial charge in [0.1, 0.15) is 11.6 Å². The van der Waals surface area contributed by atoms with Crippen molar-refractivity contribution in [1.82, 2.24) is 0 Å². The predicted octanol–water partition coefficient (Wildman–Crippen LogP) is 3.84. The monoisotopic (exact) mass is 325 g/mol. The standard InChI is InChI=1S/C15H14BrF2N/c16-12-4-1-10(2-5-12)7-14(19)8-11-3-6-13(17)9-15(11)18/h1-6,9,14H,7-8,19H2. The van der Waals surface area contributed by atoms with Crippen LogP contribution in [0.4, 0.5) is 8.78 Å². The molecule has 2 aromatic rings. The molecule has 1 atom stereocenters. The van der Waals surface area contributed by atoms with Gasteiger partial charge >= 0.3 is 0 Å². The van der Waals surface area contributed by atoms with Crippen molar-refractivity contribution >= 4 is 15.9 Å². The molecule has 0 aliphatic carbocycles. The van der Waals surface area contributed by atoms with Gasteiger partial charge in [-0.1, -0.05) is 34.1 Å². The van der Waals surface area contributed by atoms with E-state index in [4.69, 9.17) is 5.73 Å². The van der Waals surface area contributed by atoms with Crippen LogP contribution in [0, 0.1) is 11.6 Å². The Labute approximate surface area is 119 Å². The predicted molar refractivity (Wildman–Crippen MR) is 75.9 cm³/mol. The molecule has 2 N–H and O–H groups in total. The highest BCUT2D eigenvalue weighted by Crippen LogP contribution is 2.15. The van der Waals surface area contributed by atoms with Gasteiger partial charge in [-0.15, -0.1) is 0 Å². The largest absolute Gasteiger partial charge is 0.327 e. The quantitative estimate of drug-likeness (QED) is 0.908. The first-order valence-corrected chi connectivity index (χ1v) is 6.78. The van der Waals surface area contributed by atoms with E-state index in [1.807, 2.05) is 24.3 Å². The lowest BCUT2D eigenvalue weighted by atomic mass is 9.99. The average Bonchev–Trinajstić information content (AvgIpc) is 2.36. The first-order valence-electron chi connectivity index (χ1n) is 5.98. The molecule has 0 radical (unpaired) electrons. The van der Waals surface area contributed by atoms with Gasteiger partial charge in [0.25, 0.3) is 0 Å². The van der Waals surface area contributed by atoms with Crippen molar-refractivity contribution in [3.63, 3.8) is 0 Å². The lowest BCUT2D eigenvalue weighted by Gasteiger charge is -2.12. The fourth-order valence-electron chi connectivity index (χ4n) is 1.97. The normalized spacial score (nSPS) is 12.4. The first kappa shape index (κ1) is 14.2. The summed E-state index contributed by atoms with van der Waals surface area (Å²) in [5.74, 6) is -1.10. The third-order valence-electron chi connectivity index (χ3n) is 2.91. The van der Waals surface area contributed by atoms with E-state index in [0.717, 1.165) is 16.1 Å². The summed E-state index contributed by atoms with van der Waals surface area (Å²) in [6, 6.07) is 11.2. The average molecular weight is 326 g/mol. The van der Waals surface area contributed by atoms with Crippen LogP contribution in [0.2, 0.25) is 0 Å². The minimum absolute atomic E-state index is 0.193. The molecule has 0 heterocycles. The molecular formula is C15H14BrF2N. The van der Waals surface area contributed by atoms with Gasteiger partial charge in [0.2, 0.25) is 0 Å². The molecule has 0 saturated heterocycles. The van der Waals surface area contributed by atoms with E-state index in [2.05, 4.69) is 15.9 Å². The van der Waals surface area contributed by atoms with Gasteiger partial charge in [0.05, 0.1) is 0 Å². The van der Waals surface area contributed by atoms with E-state index < -0.39 is 11.6 Å². The summed E-state index contributed by atoms with van der Waals surface area (Å²) >= 11 is 3.37. The Morgan fingerprint density at radius 2 is 1.68 bits per heavy atom. The summed E-state index contributed by atoms with van der Waals surface area (Å²) in [5, 5.41) is 0. The maximum atomic E-state index is 13.5. The maximum Gasteiger partial charge on any atom is 0.129 e. The minimum Gasteiger partial charge on any atom is -0.327 e. The number of benzene rings is 2. The second kappa shape index (κ2) is 6.26. The Bertz CT molecular complexity index is 555. The Morgan fingerprint density at radius 1 is 1.00 bits per heavy atom. The van der Waals surface area contributed by atoms with Crippen LogP contribution in [-0.2, 0) is 12.8 Å². The molecule has 1 nitrogen and oxygen atoms in total. The van der Waals surface area contributed by atoms with E-state index in [-0.39, 0.29) is 6.04 Å². The summed E-state index contributed by atoms with van der Waals surface area (Å²) in [7, 11) is 0. The fraction of sp³-hybridized carbons (Fsp3) is 0.200. The number of rotatable bonds is 4. The van der Waals surface area contributed by atoms with E-state index in [9.17, 15) is 8.78 Å². The zero-order valence-electron chi connectivity index (χ0n) is 10.2. The lowest BCUT2D eigenvalue weighted by molar-refractivity contribution is 0.558. The van der Waals surface area contributed by atoms with Crippen LogP contribution >= 0.6 is 15.9 Å². The summed E-state index contributed by atoms with van der Waals surface area (Å²) in [5.41, 5.74) is 7.56. The molecule has 1 unspecified atom stereocenters. The molecule has 0 saturated carbocycles. The molecule has 2 rings (SSSR count). The summed E-state index contributed by atoms with van der Waals surface area (Å²) in [6.07, 6.45) is 1.05. The molecule has 0 spiro atoms. The topological polar surface area (TPSA) is 26.0 Å². The summed E-state index contributed by atoms with van der Waals surface area (Å²) in [4.78, 5) is 0. The molecule has 0 amide bonds. The molecule has 2 aromatic carbocycles. The van der Waals surface area contributed by atoms with Gasteiger partial charge in [-0.05, 0) is 42.2 Å². The van der Waals surface area contributed by atoms with Gasteiger partial charge in [-0.3, -0.25) is 0 Å². The van der Waals surface area contributed by atoms with Gasteiger partial charge in [0.15, 0.2) is 0 Å². The van der Waals surface area contributed by atoms with Crippen molar-refractivity contribution < 1.29 is 8.78 Å². The highest BCUT2D eigenvalue weighted by Gasteiger charge is 2.10. The van der Waals surface area contributed by atoms with Crippen molar-refractivity contribution in [2.75, 3.05) is 0 Å². The van der Waals surface area contributed by atoms with Gasteiger partial charge in [0, 0.05) is 16.6 Å². The molecule has 0 aliphatic rings. The summed E-state index contributed by atoms with van der Waals surface area (Å²) < 4.78 is 27.3. The van der Waals surface area contributed by atoms with Crippen LogP contribution in [0.25, 0.3) is 0 Å². The zero-order chi connectivity index (χ0) is 13.8. The molecule has 100 valence electrons. The number of hydrogen-bond donors (Lipinski definition) is 1. The smallest absolute Gasteiger partial charge is 0.129 e. The van der Waals surface area contributed by atoms with Gasteiger partial charge < -0.3 is 5.73 Å². The maximum absolute atomic E-state index is 13.5. The Kier molecular flexibility index (Phi) is 4.66. The summed E-state index contributed by atoms with van der Waals surface area (Å²) in [6.45, 7) is 0. The second-order valence-electron chi connectivity index (χ2n) is 4.53. The third kappa shape index (κ3) is 4.11. The molecule has 0 aromatic heterocycles. The number of nitrogens with two attached hydrogens (primary N) is 1. The Morgan fingerprint density at radius 3 is 2.32 bits per heavy atom. The van der Waals surface area contributed by atoms with Crippen LogP contribution in [0.3, 0.4) is 0 Å². The fourth-order valence-corrected chi connectivity index (χ4v) is 2.23. The number of halogens is 3. The zero-order valence-corrected chi connectivity index (χ0v) is 11.8. The molecule has 4 heteroatoms. The van der Waals surface area contributed by atoms with Crippen LogP contribution in [0.15, 0.2) is 46.9 Å². The van der Waals surface area contributed by atoms with Crippen LogP contribution in [0.1, 0.15) is 11.1 Å². The molecule has 19 heavy (non-hydrogen) atoms. The minimum atomic E-state index is -0.567. The number of hydrogen-bond acceptors (Lipinski definition) is 1. The Hall–Kier alpha value is -1.26. The first-order chi connectivity index (χ1) is 9.04. The Balaban J connectivity index is 2.01. The highest BCUT2D eigenvalue weighted by atomic mass is 79.9. The van der Waals surface area contributed by atoms with E-state index >= 15 is 0 Å². The van der Waals surface area contributed by atoms with E-state index in [1.165, 1.54) is 12.1 Å². The SMILES string of the molecule is NC(Cc1ccc(Br)cc1)Cc1ccc(F)cc1F. The lowest BCUT2D eigenvalue weighted by Crippen LogP contribution is -2.26. The van der Waals surface area contributed by atoms with E-state index in [1.54, 1.807) is 0 Å². The second-order valence-corrected chi connectivity index (χ2v) is 5.45. The van der Waals surface area contributed by atoms with Crippen molar-refractivity contribution in [3.8, 4) is 0 Å². The van der Waals surface area contributed by atoms with E-state index in [0.29, 0.717) is 18.4 Å². The molecule has 0 bridgehead atoms. The van der Waals surface area contributed by atoms with Crippen molar-refractivity contribution in [3.05, 3.63) is 69.7 Å². The van der Waals surface area contributed by atoms with Gasteiger partial charge in [-0.25, -0.2) is 8.78 Å². The van der Waals surface area contributed by atoms with Crippen LogP contribution in [0.5, 0.6) is 0 Å². The van der Waals surface area contributed by atoms with Crippen LogP contribution < -0.4 is 5.73 Å². The molecule has 0 aliphatic heterocycles. The van der Waals surface area contributed by atoms with Crippen LogP contribution in [-0.4, -0.2) is 6.04 Å². The van der Waals surface area contributed by atoms with Crippen molar-refractivity contribution in [2.24, 2.45) is 5.73 Å². The third-order valence-corrected chi connectivity index (χ3v) is 3.44. The van der Waals surface area contributed by atoms with Gasteiger partial charge in [-0.2, -0.15) is 0 Å².